The summed E-state index contributed by atoms with van der Waals surface area (Å²) in [5.41, 5.74) is -4.67. The van der Waals surface area contributed by atoms with Crippen molar-refractivity contribution in [1.82, 2.24) is 9.78 Å². The van der Waals surface area contributed by atoms with Crippen molar-refractivity contribution in [3.63, 3.8) is 0 Å². The number of halogens is 6. The van der Waals surface area contributed by atoms with Crippen LogP contribution in [0.15, 0.2) is 0 Å². The molecule has 0 fully saturated rings. The number of hydrogen-bond acceptors (Lipinski definition) is 1. The monoisotopic (exact) mass is 314 g/mol. The van der Waals surface area contributed by atoms with Crippen molar-refractivity contribution in [1.29, 1.82) is 0 Å². The van der Waals surface area contributed by atoms with Gasteiger partial charge in [-0.05, 0) is 20.3 Å². The van der Waals surface area contributed by atoms with Crippen molar-refractivity contribution in [3.05, 3.63) is 17.0 Å². The van der Waals surface area contributed by atoms with Gasteiger partial charge >= 0.3 is 0 Å². The van der Waals surface area contributed by atoms with Crippen molar-refractivity contribution < 1.29 is 26.3 Å². The summed E-state index contributed by atoms with van der Waals surface area (Å²) in [4.78, 5) is 0. The molecule has 1 aromatic heterocycles. The second-order valence-corrected chi connectivity index (χ2v) is 5.90. The molecule has 0 aliphatic heterocycles. The average Bonchev–Trinajstić information content (AvgIpc) is 2.78. The molecule has 1 aliphatic rings. The second kappa shape index (κ2) is 4.64. The maximum Gasteiger partial charge on any atom is 0.290 e. The third kappa shape index (κ3) is 2.42. The molecule has 0 N–H and O–H groups in total. The van der Waals surface area contributed by atoms with Gasteiger partial charge in [-0.15, -0.1) is 0 Å². The van der Waals surface area contributed by atoms with Crippen LogP contribution in [0.3, 0.4) is 0 Å². The average molecular weight is 314 g/mol. The Balaban J connectivity index is 2.83. The predicted molar refractivity (Wildman–Crippen MR) is 63.8 cm³/mol. The van der Waals surface area contributed by atoms with Gasteiger partial charge < -0.3 is 0 Å². The third-order valence-electron chi connectivity index (χ3n) is 4.02. The lowest BCUT2D eigenvalue weighted by molar-refractivity contribution is -0.103. The summed E-state index contributed by atoms with van der Waals surface area (Å²) < 4.78 is 82.8. The molecule has 0 saturated carbocycles. The molecular formula is C13H16F6N2. The van der Waals surface area contributed by atoms with Crippen LogP contribution in [0.2, 0.25) is 0 Å². The van der Waals surface area contributed by atoms with Crippen molar-refractivity contribution >= 4 is 0 Å². The molecule has 0 spiro atoms. The van der Waals surface area contributed by atoms with Crippen molar-refractivity contribution in [3.8, 4) is 0 Å². The fourth-order valence-corrected chi connectivity index (χ4v) is 2.43. The Morgan fingerprint density at radius 3 is 2.14 bits per heavy atom. The topological polar surface area (TPSA) is 17.8 Å². The number of alkyl halides is 6. The molecule has 0 atom stereocenters. The maximum atomic E-state index is 14.1. The van der Waals surface area contributed by atoms with Gasteiger partial charge in [0, 0.05) is 12.8 Å². The SMILES string of the molecule is CCC(C)(C)n1nc(C(F)F)c2c1C(F)(F)CCC2(F)F. The minimum atomic E-state index is -3.72. The van der Waals surface area contributed by atoms with Gasteiger partial charge in [0.1, 0.15) is 11.4 Å². The Bertz CT molecular complexity index is 547. The van der Waals surface area contributed by atoms with E-state index >= 15 is 0 Å². The minimum Gasteiger partial charge on any atom is -0.257 e. The fourth-order valence-electron chi connectivity index (χ4n) is 2.43. The minimum absolute atomic E-state index is 0.283. The molecule has 0 unspecified atom stereocenters. The van der Waals surface area contributed by atoms with Crippen LogP contribution in [0.5, 0.6) is 0 Å². The number of nitrogens with zero attached hydrogens (tertiary/aromatic N) is 2. The Hall–Kier alpha value is -1.21. The highest BCUT2D eigenvalue weighted by Gasteiger charge is 2.55. The van der Waals surface area contributed by atoms with Gasteiger partial charge in [-0.2, -0.15) is 13.9 Å². The van der Waals surface area contributed by atoms with Gasteiger partial charge in [-0.1, -0.05) is 6.92 Å². The van der Waals surface area contributed by atoms with E-state index in [4.69, 9.17) is 0 Å². The predicted octanol–water partition coefficient (Wildman–Crippen LogP) is 4.94. The summed E-state index contributed by atoms with van der Waals surface area (Å²) in [6.07, 6.45) is -5.29. The fraction of sp³-hybridized carbons (Fsp3) is 0.769. The quantitative estimate of drug-likeness (QED) is 0.722. The van der Waals surface area contributed by atoms with Gasteiger partial charge in [-0.3, -0.25) is 4.68 Å². The van der Waals surface area contributed by atoms with Crippen LogP contribution in [0.4, 0.5) is 26.3 Å². The zero-order valence-corrected chi connectivity index (χ0v) is 11.9. The Kier molecular flexibility index (Phi) is 3.57. The van der Waals surface area contributed by atoms with Gasteiger partial charge in [0.15, 0.2) is 0 Å². The lowest BCUT2D eigenvalue weighted by atomic mass is 9.88. The molecule has 1 aliphatic carbocycles. The van der Waals surface area contributed by atoms with Crippen LogP contribution < -0.4 is 0 Å². The van der Waals surface area contributed by atoms with E-state index in [-0.39, 0.29) is 6.42 Å². The number of rotatable bonds is 3. The first kappa shape index (κ1) is 16.2. The molecule has 21 heavy (non-hydrogen) atoms. The molecule has 2 rings (SSSR count). The smallest absolute Gasteiger partial charge is 0.257 e. The van der Waals surface area contributed by atoms with E-state index in [1.807, 2.05) is 0 Å². The number of aromatic nitrogens is 2. The first-order chi connectivity index (χ1) is 9.44. The van der Waals surface area contributed by atoms with Crippen molar-refractivity contribution in [2.75, 3.05) is 0 Å². The van der Waals surface area contributed by atoms with Crippen molar-refractivity contribution in [2.45, 2.75) is 63.8 Å². The van der Waals surface area contributed by atoms with Crippen LogP contribution in [0.1, 0.15) is 63.4 Å². The Morgan fingerprint density at radius 2 is 1.67 bits per heavy atom. The zero-order valence-electron chi connectivity index (χ0n) is 11.9. The van der Waals surface area contributed by atoms with E-state index in [1.165, 1.54) is 13.8 Å². The summed E-state index contributed by atoms with van der Waals surface area (Å²) in [5.74, 6) is -7.31. The Morgan fingerprint density at radius 1 is 1.14 bits per heavy atom. The lowest BCUT2D eigenvalue weighted by Gasteiger charge is -2.33. The standard InChI is InChI=1S/C13H16F6N2/c1-4-11(2,3)21-9-7(8(20-21)10(14)15)12(16,17)5-6-13(9,18)19/h10H,4-6H2,1-3H3. The van der Waals surface area contributed by atoms with Crippen LogP contribution in [-0.4, -0.2) is 9.78 Å². The zero-order chi connectivity index (χ0) is 16.2. The molecule has 0 radical (unpaired) electrons. The molecule has 1 aromatic rings. The normalized spacial score (nSPS) is 20.7. The maximum absolute atomic E-state index is 14.1. The first-order valence-corrected chi connectivity index (χ1v) is 6.62. The first-order valence-electron chi connectivity index (χ1n) is 6.62. The van der Waals surface area contributed by atoms with Crippen LogP contribution in [0, 0.1) is 0 Å². The van der Waals surface area contributed by atoms with Crippen molar-refractivity contribution in [2.24, 2.45) is 0 Å². The summed E-state index contributed by atoms with van der Waals surface area (Å²) in [6.45, 7) is 4.64. The number of fused-ring (bicyclic) bond motifs is 1. The van der Waals surface area contributed by atoms with E-state index in [0.717, 1.165) is 0 Å². The molecule has 0 amide bonds. The van der Waals surface area contributed by atoms with Gasteiger partial charge in [0.25, 0.3) is 18.3 Å². The summed E-state index contributed by atoms with van der Waals surface area (Å²) in [6, 6.07) is 0. The largest absolute Gasteiger partial charge is 0.290 e. The summed E-state index contributed by atoms with van der Waals surface area (Å²) >= 11 is 0. The lowest BCUT2D eigenvalue weighted by Crippen LogP contribution is -2.37. The Labute approximate surface area is 118 Å². The van der Waals surface area contributed by atoms with E-state index < -0.39 is 53.6 Å². The molecule has 1 heterocycles. The van der Waals surface area contributed by atoms with Gasteiger partial charge in [-0.25, -0.2) is 17.6 Å². The molecule has 8 heteroatoms. The second-order valence-electron chi connectivity index (χ2n) is 5.90. The molecule has 0 bridgehead atoms. The molecule has 120 valence electrons. The summed E-state index contributed by atoms with van der Waals surface area (Å²) in [7, 11) is 0. The molecule has 2 nitrogen and oxygen atoms in total. The highest BCUT2D eigenvalue weighted by molar-refractivity contribution is 5.38. The molecular weight excluding hydrogens is 298 g/mol. The van der Waals surface area contributed by atoms with Crippen LogP contribution >= 0.6 is 0 Å². The summed E-state index contributed by atoms with van der Waals surface area (Å²) in [5, 5.41) is 3.43. The number of hydrogen-bond donors (Lipinski definition) is 0. The van der Waals surface area contributed by atoms with Crippen LogP contribution in [0.25, 0.3) is 0 Å². The van der Waals surface area contributed by atoms with E-state index in [2.05, 4.69) is 5.10 Å². The van der Waals surface area contributed by atoms with Gasteiger partial charge in [0.05, 0.1) is 11.1 Å². The van der Waals surface area contributed by atoms with Gasteiger partial charge in [0.2, 0.25) is 0 Å². The van der Waals surface area contributed by atoms with E-state index in [9.17, 15) is 26.3 Å². The van der Waals surface area contributed by atoms with E-state index in [1.54, 1.807) is 6.92 Å². The van der Waals surface area contributed by atoms with Crippen LogP contribution in [-0.2, 0) is 17.4 Å². The molecule has 0 saturated heterocycles. The van der Waals surface area contributed by atoms with E-state index in [0.29, 0.717) is 4.68 Å². The third-order valence-corrected chi connectivity index (χ3v) is 4.02. The highest BCUT2D eigenvalue weighted by Crippen LogP contribution is 2.53. The molecule has 0 aromatic carbocycles. The highest BCUT2D eigenvalue weighted by atomic mass is 19.3.